The first-order valence-electron chi connectivity index (χ1n) is 6.41. The molecule has 0 atom stereocenters. The van der Waals surface area contributed by atoms with Crippen molar-refractivity contribution in [3.63, 3.8) is 0 Å². The van der Waals surface area contributed by atoms with Crippen molar-refractivity contribution in [1.29, 1.82) is 5.26 Å². The van der Waals surface area contributed by atoms with Crippen LogP contribution in [0.4, 0.5) is 16.0 Å². The Morgan fingerprint density at radius 3 is 2.65 bits per heavy atom. The molecular weight excluding hydrogens is 257 g/mol. The molecule has 0 spiro atoms. The maximum absolute atomic E-state index is 13.3. The van der Waals surface area contributed by atoms with Crippen molar-refractivity contribution in [3.8, 4) is 11.8 Å². The predicted molar refractivity (Wildman–Crippen MR) is 76.2 cm³/mol. The van der Waals surface area contributed by atoms with Crippen molar-refractivity contribution < 1.29 is 4.39 Å². The van der Waals surface area contributed by atoms with Crippen LogP contribution < -0.4 is 10.6 Å². The monoisotopic (exact) mass is 273 g/mol. The van der Waals surface area contributed by atoms with Gasteiger partial charge in [-0.15, -0.1) is 5.10 Å². The van der Waals surface area contributed by atoms with Gasteiger partial charge < -0.3 is 10.6 Å². The smallest absolute Gasteiger partial charge is 0.171 e. The highest BCUT2D eigenvalue weighted by molar-refractivity contribution is 5.67. The van der Waals surface area contributed by atoms with Crippen molar-refractivity contribution >= 4 is 11.6 Å². The van der Waals surface area contributed by atoms with E-state index in [1.165, 1.54) is 16.8 Å². The van der Waals surface area contributed by atoms with E-state index in [1.807, 2.05) is 18.7 Å². The van der Waals surface area contributed by atoms with Crippen LogP contribution in [0.3, 0.4) is 0 Å². The molecule has 0 unspecified atom stereocenters. The Morgan fingerprint density at radius 1 is 1.40 bits per heavy atom. The van der Waals surface area contributed by atoms with E-state index in [9.17, 15) is 9.65 Å². The van der Waals surface area contributed by atoms with Gasteiger partial charge in [-0.3, -0.25) is 0 Å². The van der Waals surface area contributed by atoms with Crippen molar-refractivity contribution in [2.24, 2.45) is 0 Å². The lowest BCUT2D eigenvalue weighted by Crippen LogP contribution is -2.23. The molecule has 6 heteroatoms. The lowest BCUT2D eigenvalue weighted by molar-refractivity contribution is 0.625. The van der Waals surface area contributed by atoms with Crippen LogP contribution in [0.15, 0.2) is 24.3 Å². The number of nitrogen functional groups attached to an aromatic ring is 1. The quantitative estimate of drug-likeness (QED) is 0.928. The summed E-state index contributed by atoms with van der Waals surface area (Å²) in [5, 5.41) is 13.6. The maximum Gasteiger partial charge on any atom is 0.171 e. The topological polar surface area (TPSA) is 70.9 Å². The highest BCUT2D eigenvalue weighted by atomic mass is 19.1. The molecule has 0 radical (unpaired) electrons. The molecule has 0 bridgehead atoms. The number of halogens is 1. The molecule has 0 fully saturated rings. The number of nitrogens with zero attached hydrogens (tertiary/aromatic N) is 4. The number of nitriles is 1. The fraction of sp³-hybridized carbons (Fsp3) is 0.286. The van der Waals surface area contributed by atoms with Crippen molar-refractivity contribution in [2.45, 2.75) is 13.8 Å². The van der Waals surface area contributed by atoms with E-state index in [4.69, 9.17) is 5.73 Å². The van der Waals surface area contributed by atoms with Gasteiger partial charge in [-0.05, 0) is 32.0 Å². The fourth-order valence-corrected chi connectivity index (χ4v) is 2.08. The summed E-state index contributed by atoms with van der Waals surface area (Å²) in [5.41, 5.74) is 6.79. The Morgan fingerprint density at radius 2 is 2.10 bits per heavy atom. The largest absolute Gasteiger partial charge is 0.382 e. The average Bonchev–Trinajstić information content (AvgIpc) is 2.77. The molecule has 5 nitrogen and oxygen atoms in total. The third kappa shape index (κ3) is 2.30. The Hall–Kier alpha value is -2.55. The van der Waals surface area contributed by atoms with Gasteiger partial charge in [0.25, 0.3) is 0 Å². The fourth-order valence-electron chi connectivity index (χ4n) is 2.08. The minimum atomic E-state index is -0.375. The molecule has 2 rings (SSSR count). The van der Waals surface area contributed by atoms with Crippen LogP contribution in [-0.4, -0.2) is 22.9 Å². The second-order valence-electron chi connectivity index (χ2n) is 4.26. The standard InChI is InChI=1S/C14H16FN5/c1-3-19(4-2)14-12(9-16)13(17)20(18-14)11-7-5-6-10(15)8-11/h5-8H,3-4,17H2,1-2H3. The SMILES string of the molecule is CCN(CC)c1nn(-c2cccc(F)c2)c(N)c1C#N. The molecule has 2 N–H and O–H groups in total. The van der Waals surface area contributed by atoms with E-state index in [1.54, 1.807) is 12.1 Å². The second-order valence-corrected chi connectivity index (χ2v) is 4.26. The molecule has 0 saturated carbocycles. The first-order valence-corrected chi connectivity index (χ1v) is 6.41. The van der Waals surface area contributed by atoms with Crippen LogP contribution in [0.25, 0.3) is 5.69 Å². The van der Waals surface area contributed by atoms with Gasteiger partial charge in [-0.2, -0.15) is 5.26 Å². The summed E-state index contributed by atoms with van der Waals surface area (Å²) < 4.78 is 14.7. The zero-order valence-electron chi connectivity index (χ0n) is 11.5. The normalized spacial score (nSPS) is 10.3. The number of rotatable bonds is 4. The number of benzene rings is 1. The van der Waals surface area contributed by atoms with Crippen LogP contribution in [0, 0.1) is 17.1 Å². The first-order chi connectivity index (χ1) is 9.62. The highest BCUT2D eigenvalue weighted by Crippen LogP contribution is 2.27. The highest BCUT2D eigenvalue weighted by Gasteiger charge is 2.20. The van der Waals surface area contributed by atoms with E-state index in [2.05, 4.69) is 11.2 Å². The molecule has 1 heterocycles. The zero-order chi connectivity index (χ0) is 14.7. The van der Waals surface area contributed by atoms with E-state index in [0.29, 0.717) is 30.2 Å². The minimum absolute atomic E-state index is 0.222. The van der Waals surface area contributed by atoms with Crippen molar-refractivity contribution in [3.05, 3.63) is 35.6 Å². The summed E-state index contributed by atoms with van der Waals surface area (Å²) in [6.07, 6.45) is 0. The van der Waals surface area contributed by atoms with Crippen LogP contribution >= 0.6 is 0 Å². The van der Waals surface area contributed by atoms with Crippen molar-refractivity contribution in [1.82, 2.24) is 9.78 Å². The number of anilines is 2. The number of aromatic nitrogens is 2. The first kappa shape index (κ1) is 13.9. The third-order valence-electron chi connectivity index (χ3n) is 3.13. The van der Waals surface area contributed by atoms with Crippen LogP contribution in [-0.2, 0) is 0 Å². The molecule has 2 aromatic rings. The van der Waals surface area contributed by atoms with Crippen LogP contribution in [0.5, 0.6) is 0 Å². The minimum Gasteiger partial charge on any atom is -0.382 e. The summed E-state index contributed by atoms with van der Waals surface area (Å²) >= 11 is 0. The molecule has 104 valence electrons. The summed E-state index contributed by atoms with van der Waals surface area (Å²) in [6, 6.07) is 8.02. The van der Waals surface area contributed by atoms with Gasteiger partial charge in [0.2, 0.25) is 0 Å². The summed E-state index contributed by atoms with van der Waals surface area (Å²) in [5.74, 6) is 0.375. The summed E-state index contributed by atoms with van der Waals surface area (Å²) in [7, 11) is 0. The van der Waals surface area contributed by atoms with E-state index in [-0.39, 0.29) is 11.6 Å². The molecule has 0 aliphatic heterocycles. The molecule has 0 aliphatic carbocycles. The Bertz CT molecular complexity index is 652. The van der Waals surface area contributed by atoms with Crippen molar-refractivity contribution in [2.75, 3.05) is 23.7 Å². The number of nitrogens with two attached hydrogens (primary N) is 1. The van der Waals surface area contributed by atoms with Gasteiger partial charge in [0.15, 0.2) is 5.82 Å². The Labute approximate surface area is 117 Å². The van der Waals surface area contributed by atoms with E-state index in [0.717, 1.165) is 0 Å². The van der Waals surface area contributed by atoms with Gasteiger partial charge in [-0.25, -0.2) is 9.07 Å². The molecule has 1 aromatic heterocycles. The lowest BCUT2D eigenvalue weighted by atomic mass is 10.3. The molecule has 0 saturated heterocycles. The van der Waals surface area contributed by atoms with Crippen LogP contribution in [0.1, 0.15) is 19.4 Å². The van der Waals surface area contributed by atoms with Gasteiger partial charge in [0, 0.05) is 13.1 Å². The van der Waals surface area contributed by atoms with E-state index < -0.39 is 0 Å². The molecule has 0 aliphatic rings. The molecular formula is C14H16FN5. The van der Waals surface area contributed by atoms with Gasteiger partial charge in [0.1, 0.15) is 23.3 Å². The molecule has 0 amide bonds. The average molecular weight is 273 g/mol. The summed E-state index contributed by atoms with van der Waals surface area (Å²) in [4.78, 5) is 1.94. The Kier molecular flexibility index (Phi) is 3.89. The number of hydrogen-bond donors (Lipinski definition) is 1. The number of hydrogen-bond acceptors (Lipinski definition) is 4. The van der Waals surface area contributed by atoms with E-state index >= 15 is 0 Å². The Balaban J connectivity index is 2.59. The van der Waals surface area contributed by atoms with Gasteiger partial charge >= 0.3 is 0 Å². The summed E-state index contributed by atoms with van der Waals surface area (Å²) in [6.45, 7) is 5.37. The maximum atomic E-state index is 13.3. The predicted octanol–water partition coefficient (Wildman–Crippen LogP) is 2.31. The lowest BCUT2D eigenvalue weighted by Gasteiger charge is -2.17. The third-order valence-corrected chi connectivity index (χ3v) is 3.13. The van der Waals surface area contributed by atoms with Gasteiger partial charge in [0.05, 0.1) is 5.69 Å². The molecule has 20 heavy (non-hydrogen) atoms. The van der Waals surface area contributed by atoms with Crippen LogP contribution in [0.2, 0.25) is 0 Å². The molecule has 1 aromatic carbocycles. The second kappa shape index (κ2) is 5.61. The van der Waals surface area contributed by atoms with Gasteiger partial charge in [-0.1, -0.05) is 6.07 Å². The zero-order valence-corrected chi connectivity index (χ0v) is 11.5.